The Kier molecular flexibility index (Phi) is 1.48. The van der Waals surface area contributed by atoms with Gasteiger partial charge < -0.3 is 10.3 Å². The standard InChI is InChI=1S/C10H15NO2/c12-10-7-2-5-1-6(4-7)9(11-13)8(10)3-5/h5-8,10,12-13H,1-4H2/t5-,6-,7-,8-,10+/m0/s1. The van der Waals surface area contributed by atoms with Gasteiger partial charge in [-0.05, 0) is 37.5 Å². The van der Waals surface area contributed by atoms with E-state index in [0.29, 0.717) is 11.8 Å². The summed E-state index contributed by atoms with van der Waals surface area (Å²) in [6, 6.07) is 0. The Morgan fingerprint density at radius 3 is 2.77 bits per heavy atom. The Morgan fingerprint density at radius 2 is 2.00 bits per heavy atom. The van der Waals surface area contributed by atoms with E-state index in [-0.39, 0.29) is 12.0 Å². The molecule has 4 fully saturated rings. The molecule has 0 aromatic carbocycles. The van der Waals surface area contributed by atoms with Crippen LogP contribution in [0.2, 0.25) is 0 Å². The summed E-state index contributed by atoms with van der Waals surface area (Å²) < 4.78 is 0. The Balaban J connectivity index is 1.98. The van der Waals surface area contributed by atoms with Crippen molar-refractivity contribution < 1.29 is 10.3 Å². The third-order valence-electron chi connectivity index (χ3n) is 4.24. The summed E-state index contributed by atoms with van der Waals surface area (Å²) in [6.07, 6.45) is 4.27. The average Bonchev–Trinajstić information content (AvgIpc) is 2.13. The summed E-state index contributed by atoms with van der Waals surface area (Å²) in [5.41, 5.74) is 0.889. The van der Waals surface area contributed by atoms with Crippen LogP contribution in [-0.2, 0) is 0 Å². The summed E-state index contributed by atoms with van der Waals surface area (Å²) >= 11 is 0. The zero-order valence-electron chi connectivity index (χ0n) is 7.56. The van der Waals surface area contributed by atoms with E-state index in [2.05, 4.69) is 5.16 Å². The van der Waals surface area contributed by atoms with Gasteiger partial charge in [-0.25, -0.2) is 0 Å². The molecule has 4 saturated carbocycles. The molecule has 0 aliphatic heterocycles. The molecule has 0 aromatic rings. The molecule has 13 heavy (non-hydrogen) atoms. The molecule has 4 bridgehead atoms. The van der Waals surface area contributed by atoms with Crippen LogP contribution in [0.3, 0.4) is 0 Å². The predicted molar refractivity (Wildman–Crippen MR) is 47.7 cm³/mol. The van der Waals surface area contributed by atoms with Gasteiger partial charge in [0.15, 0.2) is 0 Å². The van der Waals surface area contributed by atoms with Crippen molar-refractivity contribution in [2.45, 2.75) is 31.8 Å². The van der Waals surface area contributed by atoms with Gasteiger partial charge in [0.1, 0.15) is 0 Å². The first-order valence-corrected chi connectivity index (χ1v) is 5.19. The van der Waals surface area contributed by atoms with E-state index in [1.54, 1.807) is 0 Å². The number of aliphatic hydroxyl groups is 1. The van der Waals surface area contributed by atoms with Gasteiger partial charge in [0.25, 0.3) is 0 Å². The van der Waals surface area contributed by atoms with Gasteiger partial charge in [0.2, 0.25) is 0 Å². The first kappa shape index (κ1) is 7.80. The Bertz CT molecular complexity index is 264. The minimum Gasteiger partial charge on any atom is -0.411 e. The summed E-state index contributed by atoms with van der Waals surface area (Å²) in [4.78, 5) is 0. The maximum absolute atomic E-state index is 9.94. The van der Waals surface area contributed by atoms with Crippen LogP contribution in [0.5, 0.6) is 0 Å². The largest absolute Gasteiger partial charge is 0.411 e. The average molecular weight is 181 g/mol. The summed E-state index contributed by atoms with van der Waals surface area (Å²) in [6.45, 7) is 0. The molecule has 0 aromatic heterocycles. The van der Waals surface area contributed by atoms with E-state index in [0.717, 1.165) is 24.5 Å². The van der Waals surface area contributed by atoms with Crippen molar-refractivity contribution in [3.63, 3.8) is 0 Å². The van der Waals surface area contributed by atoms with Gasteiger partial charge in [-0.3, -0.25) is 0 Å². The Labute approximate surface area is 77.4 Å². The third-order valence-corrected chi connectivity index (χ3v) is 4.24. The van der Waals surface area contributed by atoms with Crippen molar-refractivity contribution in [1.82, 2.24) is 0 Å². The second-order valence-corrected chi connectivity index (χ2v) is 4.89. The summed E-state index contributed by atoms with van der Waals surface area (Å²) in [7, 11) is 0. The first-order chi connectivity index (χ1) is 6.29. The quantitative estimate of drug-likeness (QED) is 0.436. The van der Waals surface area contributed by atoms with Gasteiger partial charge in [-0.1, -0.05) is 5.16 Å². The zero-order chi connectivity index (χ0) is 9.00. The molecule has 0 unspecified atom stereocenters. The van der Waals surface area contributed by atoms with E-state index >= 15 is 0 Å². The molecule has 4 aliphatic rings. The smallest absolute Gasteiger partial charge is 0.0658 e. The lowest BCUT2D eigenvalue weighted by atomic mass is 9.54. The van der Waals surface area contributed by atoms with Gasteiger partial charge in [-0.2, -0.15) is 0 Å². The van der Waals surface area contributed by atoms with E-state index < -0.39 is 0 Å². The van der Waals surface area contributed by atoms with Crippen LogP contribution < -0.4 is 0 Å². The summed E-state index contributed by atoms with van der Waals surface area (Å²) in [5, 5.41) is 22.2. The van der Waals surface area contributed by atoms with Crippen molar-refractivity contribution in [2.75, 3.05) is 0 Å². The van der Waals surface area contributed by atoms with Gasteiger partial charge >= 0.3 is 0 Å². The maximum atomic E-state index is 9.94. The fraction of sp³-hybridized carbons (Fsp3) is 0.900. The molecule has 72 valence electrons. The lowest BCUT2D eigenvalue weighted by molar-refractivity contribution is -0.0341. The second kappa shape index (κ2) is 2.47. The van der Waals surface area contributed by atoms with Crippen LogP contribution in [0, 0.1) is 23.7 Å². The van der Waals surface area contributed by atoms with Crippen molar-refractivity contribution in [3.05, 3.63) is 0 Å². The van der Waals surface area contributed by atoms with Crippen molar-refractivity contribution in [2.24, 2.45) is 28.8 Å². The SMILES string of the molecule is ON=C1[C@H]2C[C@H]3C[C@@H](C2)[C@@H](O)[C@H]1C3. The molecule has 5 atom stereocenters. The molecule has 0 spiro atoms. The minimum atomic E-state index is -0.223. The zero-order valence-corrected chi connectivity index (χ0v) is 7.56. The molecular formula is C10H15NO2. The Hall–Kier alpha value is -0.570. The van der Waals surface area contributed by atoms with Crippen LogP contribution in [0.15, 0.2) is 5.16 Å². The number of hydrogen-bond acceptors (Lipinski definition) is 3. The van der Waals surface area contributed by atoms with Crippen molar-refractivity contribution >= 4 is 5.71 Å². The van der Waals surface area contributed by atoms with Gasteiger partial charge in [-0.15, -0.1) is 0 Å². The highest BCUT2D eigenvalue weighted by atomic mass is 16.4. The number of aliphatic hydroxyl groups excluding tert-OH is 1. The number of oxime groups is 1. The van der Waals surface area contributed by atoms with Crippen LogP contribution in [-0.4, -0.2) is 22.1 Å². The van der Waals surface area contributed by atoms with Crippen LogP contribution in [0.25, 0.3) is 0 Å². The van der Waals surface area contributed by atoms with Crippen molar-refractivity contribution in [3.8, 4) is 0 Å². The highest BCUT2D eigenvalue weighted by molar-refractivity contribution is 5.90. The van der Waals surface area contributed by atoms with Crippen LogP contribution in [0.1, 0.15) is 25.7 Å². The molecule has 3 nitrogen and oxygen atoms in total. The summed E-state index contributed by atoms with van der Waals surface area (Å²) in [5.74, 6) is 1.95. The number of hydrogen-bond donors (Lipinski definition) is 2. The topological polar surface area (TPSA) is 52.8 Å². The maximum Gasteiger partial charge on any atom is 0.0658 e. The molecule has 2 N–H and O–H groups in total. The molecule has 0 amide bonds. The number of nitrogens with zero attached hydrogens (tertiary/aromatic N) is 1. The fourth-order valence-corrected chi connectivity index (χ4v) is 3.78. The van der Waals surface area contributed by atoms with E-state index in [1.807, 2.05) is 0 Å². The molecule has 4 rings (SSSR count). The molecule has 4 aliphatic carbocycles. The monoisotopic (exact) mass is 181 g/mol. The molecule has 0 saturated heterocycles. The molecular weight excluding hydrogens is 166 g/mol. The van der Waals surface area contributed by atoms with Gasteiger partial charge in [0.05, 0.1) is 11.8 Å². The number of rotatable bonds is 0. The minimum absolute atomic E-state index is 0.182. The van der Waals surface area contributed by atoms with Crippen LogP contribution >= 0.6 is 0 Å². The lowest BCUT2D eigenvalue weighted by Gasteiger charge is -2.52. The molecule has 0 heterocycles. The van der Waals surface area contributed by atoms with Gasteiger partial charge in [0, 0.05) is 11.8 Å². The first-order valence-electron chi connectivity index (χ1n) is 5.19. The normalized spacial score (nSPS) is 56.1. The molecule has 3 heteroatoms. The van der Waals surface area contributed by atoms with Crippen LogP contribution in [0.4, 0.5) is 0 Å². The fourth-order valence-electron chi connectivity index (χ4n) is 3.78. The lowest BCUT2D eigenvalue weighted by Crippen LogP contribution is -2.53. The molecule has 0 radical (unpaired) electrons. The highest BCUT2D eigenvalue weighted by Crippen LogP contribution is 2.52. The van der Waals surface area contributed by atoms with E-state index in [4.69, 9.17) is 5.21 Å². The predicted octanol–water partition coefficient (Wildman–Crippen LogP) is 1.24. The third kappa shape index (κ3) is 0.909. The van der Waals surface area contributed by atoms with Crippen molar-refractivity contribution in [1.29, 1.82) is 0 Å². The van der Waals surface area contributed by atoms with E-state index in [1.165, 1.54) is 12.8 Å². The Morgan fingerprint density at radius 1 is 1.15 bits per heavy atom. The highest BCUT2D eigenvalue weighted by Gasteiger charge is 2.51. The van der Waals surface area contributed by atoms with E-state index in [9.17, 15) is 5.11 Å². The second-order valence-electron chi connectivity index (χ2n) is 4.89.